The van der Waals surface area contributed by atoms with Crippen LogP contribution in [0.25, 0.3) is 0 Å². The second kappa shape index (κ2) is 9.27. The van der Waals surface area contributed by atoms with E-state index in [1.54, 1.807) is 0 Å². The number of hydrogen-bond acceptors (Lipinski definition) is 3. The van der Waals surface area contributed by atoms with Gasteiger partial charge in [-0.2, -0.15) is 5.26 Å². The Bertz CT molecular complexity index is 381. The van der Waals surface area contributed by atoms with E-state index in [2.05, 4.69) is 19.2 Å². The molecule has 0 spiro atoms. The molecule has 0 fully saturated rings. The molecule has 1 aromatic rings. The fourth-order valence-corrected chi connectivity index (χ4v) is 2.00. The van der Waals surface area contributed by atoms with Crippen LogP contribution in [-0.4, -0.2) is 12.6 Å². The molecule has 0 aliphatic carbocycles. The topological polar surface area (TPSA) is 45.0 Å². The summed E-state index contributed by atoms with van der Waals surface area (Å²) in [7, 11) is 0. The van der Waals surface area contributed by atoms with Crippen molar-refractivity contribution in [3.8, 4) is 11.8 Å². The van der Waals surface area contributed by atoms with Crippen molar-refractivity contribution in [2.75, 3.05) is 11.9 Å². The normalized spacial score (nSPS) is 11.6. The molecule has 0 aliphatic rings. The minimum atomic E-state index is 0.0978. The fraction of sp³-hybridized carbons (Fsp3) is 0.562. The number of anilines is 1. The van der Waals surface area contributed by atoms with E-state index in [0.717, 1.165) is 11.4 Å². The van der Waals surface area contributed by atoms with E-state index in [1.165, 1.54) is 32.1 Å². The molecule has 0 bridgehead atoms. The van der Waals surface area contributed by atoms with Crippen LogP contribution < -0.4 is 10.1 Å². The Morgan fingerprint density at radius 1 is 1.21 bits per heavy atom. The highest BCUT2D eigenvalue weighted by Gasteiger charge is 2.02. The van der Waals surface area contributed by atoms with Crippen molar-refractivity contribution in [2.45, 2.75) is 52.0 Å². The lowest BCUT2D eigenvalue weighted by molar-refractivity contribution is 0.368. The molecule has 3 nitrogen and oxygen atoms in total. The monoisotopic (exact) mass is 260 g/mol. The fourth-order valence-electron chi connectivity index (χ4n) is 2.00. The predicted octanol–water partition coefficient (Wildman–Crippen LogP) is 4.36. The molecule has 3 heteroatoms. The summed E-state index contributed by atoms with van der Waals surface area (Å²) in [5.41, 5.74) is 1.10. The Morgan fingerprint density at radius 2 is 1.95 bits per heavy atom. The van der Waals surface area contributed by atoms with Gasteiger partial charge >= 0.3 is 0 Å². The molecule has 0 saturated carbocycles. The van der Waals surface area contributed by atoms with Crippen LogP contribution in [0.4, 0.5) is 5.69 Å². The SMILES string of the molecule is CCCCCCC(C)Nc1ccc(OCC#N)cc1. The van der Waals surface area contributed by atoms with Crippen LogP contribution in [0.5, 0.6) is 5.75 Å². The molecule has 1 rings (SSSR count). The summed E-state index contributed by atoms with van der Waals surface area (Å²) in [4.78, 5) is 0. The molecule has 0 aliphatic heterocycles. The lowest BCUT2D eigenvalue weighted by Crippen LogP contribution is -2.14. The van der Waals surface area contributed by atoms with Crippen LogP contribution in [-0.2, 0) is 0 Å². The van der Waals surface area contributed by atoms with Crippen LogP contribution in [0, 0.1) is 11.3 Å². The number of unbranched alkanes of at least 4 members (excludes halogenated alkanes) is 3. The molecule has 1 aromatic carbocycles. The summed E-state index contributed by atoms with van der Waals surface area (Å²) in [6, 6.07) is 10.2. The zero-order valence-corrected chi connectivity index (χ0v) is 12.0. The Hall–Kier alpha value is -1.69. The highest BCUT2D eigenvalue weighted by Crippen LogP contribution is 2.17. The average Bonchev–Trinajstić information content (AvgIpc) is 2.43. The Morgan fingerprint density at radius 3 is 2.58 bits per heavy atom. The van der Waals surface area contributed by atoms with Crippen molar-refractivity contribution < 1.29 is 4.74 Å². The van der Waals surface area contributed by atoms with Gasteiger partial charge in [-0.25, -0.2) is 0 Å². The van der Waals surface area contributed by atoms with Gasteiger partial charge < -0.3 is 10.1 Å². The van der Waals surface area contributed by atoms with Gasteiger partial charge in [0.05, 0.1) is 0 Å². The third-order valence-electron chi connectivity index (χ3n) is 3.06. The maximum Gasteiger partial charge on any atom is 0.174 e. The minimum absolute atomic E-state index is 0.0978. The molecule has 19 heavy (non-hydrogen) atoms. The first kappa shape index (κ1) is 15.4. The molecule has 104 valence electrons. The minimum Gasteiger partial charge on any atom is -0.479 e. The van der Waals surface area contributed by atoms with Crippen LogP contribution in [0.15, 0.2) is 24.3 Å². The Kier molecular flexibility index (Phi) is 7.50. The van der Waals surface area contributed by atoms with Gasteiger partial charge in [0.15, 0.2) is 6.61 Å². The highest BCUT2D eigenvalue weighted by molar-refractivity contribution is 5.46. The van der Waals surface area contributed by atoms with E-state index in [-0.39, 0.29) is 6.61 Å². The first-order valence-corrected chi connectivity index (χ1v) is 7.12. The Balaban J connectivity index is 2.30. The van der Waals surface area contributed by atoms with Gasteiger partial charge in [0.1, 0.15) is 11.8 Å². The second-order valence-corrected chi connectivity index (χ2v) is 4.87. The van der Waals surface area contributed by atoms with Gasteiger partial charge in [0.2, 0.25) is 0 Å². The molecule has 0 saturated heterocycles. The zero-order valence-electron chi connectivity index (χ0n) is 12.0. The van der Waals surface area contributed by atoms with Gasteiger partial charge in [-0.15, -0.1) is 0 Å². The van der Waals surface area contributed by atoms with Crippen molar-refractivity contribution in [1.29, 1.82) is 5.26 Å². The van der Waals surface area contributed by atoms with Crippen molar-refractivity contribution >= 4 is 5.69 Å². The number of rotatable bonds is 9. The molecule has 1 N–H and O–H groups in total. The number of nitriles is 1. The molecular weight excluding hydrogens is 236 g/mol. The smallest absolute Gasteiger partial charge is 0.174 e. The van der Waals surface area contributed by atoms with E-state index in [1.807, 2.05) is 30.3 Å². The highest BCUT2D eigenvalue weighted by atomic mass is 16.5. The molecule has 0 aromatic heterocycles. The van der Waals surface area contributed by atoms with Gasteiger partial charge in [-0.1, -0.05) is 32.6 Å². The van der Waals surface area contributed by atoms with E-state index in [0.29, 0.717) is 6.04 Å². The van der Waals surface area contributed by atoms with E-state index in [9.17, 15) is 0 Å². The van der Waals surface area contributed by atoms with Crippen LogP contribution in [0.1, 0.15) is 46.0 Å². The summed E-state index contributed by atoms with van der Waals surface area (Å²) in [6.45, 7) is 4.55. The quantitative estimate of drug-likeness (QED) is 0.671. The molecule has 1 unspecified atom stereocenters. The average molecular weight is 260 g/mol. The zero-order chi connectivity index (χ0) is 13.9. The first-order valence-electron chi connectivity index (χ1n) is 7.12. The third-order valence-corrected chi connectivity index (χ3v) is 3.06. The molecule has 1 atom stereocenters. The number of nitrogens with one attached hydrogen (secondary N) is 1. The van der Waals surface area contributed by atoms with E-state index < -0.39 is 0 Å². The van der Waals surface area contributed by atoms with Crippen LogP contribution in [0.3, 0.4) is 0 Å². The van der Waals surface area contributed by atoms with E-state index in [4.69, 9.17) is 10.00 Å². The third kappa shape index (κ3) is 6.71. The summed E-state index contributed by atoms with van der Waals surface area (Å²) >= 11 is 0. The molecular formula is C16H24N2O. The number of hydrogen-bond donors (Lipinski definition) is 1. The summed E-state index contributed by atoms with van der Waals surface area (Å²) in [5.74, 6) is 0.739. The summed E-state index contributed by atoms with van der Waals surface area (Å²) in [6.07, 6.45) is 6.42. The predicted molar refractivity (Wildman–Crippen MR) is 79.4 cm³/mol. The summed E-state index contributed by atoms with van der Waals surface area (Å²) < 4.78 is 5.22. The number of ether oxygens (including phenoxy) is 1. The van der Waals surface area contributed by atoms with Crippen molar-refractivity contribution in [3.05, 3.63) is 24.3 Å². The van der Waals surface area contributed by atoms with Gasteiger partial charge in [0, 0.05) is 11.7 Å². The molecule has 0 radical (unpaired) electrons. The molecule has 0 amide bonds. The number of benzene rings is 1. The lowest BCUT2D eigenvalue weighted by atomic mass is 10.1. The maximum absolute atomic E-state index is 8.43. The largest absolute Gasteiger partial charge is 0.479 e. The van der Waals surface area contributed by atoms with Crippen molar-refractivity contribution in [3.63, 3.8) is 0 Å². The van der Waals surface area contributed by atoms with Crippen LogP contribution in [0.2, 0.25) is 0 Å². The second-order valence-electron chi connectivity index (χ2n) is 4.87. The maximum atomic E-state index is 8.43. The van der Waals surface area contributed by atoms with E-state index >= 15 is 0 Å². The van der Waals surface area contributed by atoms with Crippen molar-refractivity contribution in [2.24, 2.45) is 0 Å². The summed E-state index contributed by atoms with van der Waals surface area (Å²) in [5, 5.41) is 11.9. The van der Waals surface area contributed by atoms with Crippen molar-refractivity contribution in [1.82, 2.24) is 0 Å². The van der Waals surface area contributed by atoms with Gasteiger partial charge in [-0.05, 0) is 37.6 Å². The lowest BCUT2D eigenvalue weighted by Gasteiger charge is -2.15. The standard InChI is InChI=1S/C16H24N2O/c1-3-4-5-6-7-14(2)18-15-8-10-16(11-9-15)19-13-12-17/h8-11,14,18H,3-7,13H2,1-2H3. The first-order chi connectivity index (χ1) is 9.26. The van der Waals surface area contributed by atoms with Gasteiger partial charge in [0.25, 0.3) is 0 Å². The molecule has 0 heterocycles. The van der Waals surface area contributed by atoms with Crippen LogP contribution >= 0.6 is 0 Å². The Labute approximate surface area is 116 Å². The van der Waals surface area contributed by atoms with Gasteiger partial charge in [-0.3, -0.25) is 0 Å². The number of nitrogens with zero attached hydrogens (tertiary/aromatic N) is 1.